The normalized spacial score (nSPS) is 13.2. The largest absolute Gasteiger partial charge is 0.484 e. The van der Waals surface area contributed by atoms with Gasteiger partial charge in [0.2, 0.25) is 0 Å². The minimum absolute atomic E-state index is 0.142. The lowest BCUT2D eigenvalue weighted by atomic mass is 10.2. The summed E-state index contributed by atoms with van der Waals surface area (Å²) in [5, 5.41) is 5.56. The van der Waals surface area contributed by atoms with E-state index in [0.717, 1.165) is 12.8 Å². The fourth-order valence-electron chi connectivity index (χ4n) is 2.11. The molecule has 24 heavy (non-hydrogen) atoms. The Balaban J connectivity index is 1.53. The highest BCUT2D eigenvalue weighted by molar-refractivity contribution is 5.97. The number of anilines is 1. The molecule has 0 heterocycles. The molecule has 1 saturated carbocycles. The molecule has 0 saturated heterocycles. The topological polar surface area (TPSA) is 67.4 Å². The van der Waals surface area contributed by atoms with E-state index in [9.17, 15) is 14.0 Å². The molecule has 2 aromatic rings. The lowest BCUT2D eigenvalue weighted by Crippen LogP contribution is -2.25. The summed E-state index contributed by atoms with van der Waals surface area (Å²) in [6.45, 7) is -0.204. The number of nitrogens with one attached hydrogen (secondary N) is 2. The second kappa shape index (κ2) is 7.12. The summed E-state index contributed by atoms with van der Waals surface area (Å²) in [7, 11) is 0. The number of carbonyl (C=O) groups excluding carboxylic acids is 2. The zero-order chi connectivity index (χ0) is 16.9. The summed E-state index contributed by atoms with van der Waals surface area (Å²) in [5.74, 6) is -0.465. The number of carbonyl (C=O) groups is 2. The summed E-state index contributed by atoms with van der Waals surface area (Å²) in [6.07, 6.45) is 2.03. The Bertz CT molecular complexity index is 742. The van der Waals surface area contributed by atoms with Crippen LogP contribution in [0.2, 0.25) is 0 Å². The number of ether oxygens (including phenoxy) is 1. The molecule has 5 nitrogen and oxygen atoms in total. The molecule has 1 aliphatic carbocycles. The number of hydrogen-bond donors (Lipinski definition) is 2. The molecular formula is C18H17FN2O3. The highest BCUT2D eigenvalue weighted by atomic mass is 19.1. The van der Waals surface area contributed by atoms with Crippen molar-refractivity contribution in [3.63, 3.8) is 0 Å². The van der Waals surface area contributed by atoms with Crippen molar-refractivity contribution in [3.8, 4) is 5.75 Å². The van der Waals surface area contributed by atoms with Crippen LogP contribution in [0.4, 0.5) is 10.1 Å². The molecule has 1 aliphatic rings. The van der Waals surface area contributed by atoms with E-state index < -0.39 is 0 Å². The Morgan fingerprint density at radius 2 is 1.88 bits per heavy atom. The van der Waals surface area contributed by atoms with Crippen molar-refractivity contribution < 1.29 is 18.7 Å². The molecule has 0 spiro atoms. The summed E-state index contributed by atoms with van der Waals surface area (Å²) >= 11 is 0. The Kier molecular flexibility index (Phi) is 4.74. The fourth-order valence-corrected chi connectivity index (χ4v) is 2.11. The van der Waals surface area contributed by atoms with Gasteiger partial charge >= 0.3 is 0 Å². The number of amides is 2. The van der Waals surface area contributed by atoms with Crippen LogP contribution in [0.5, 0.6) is 5.75 Å². The third-order valence-corrected chi connectivity index (χ3v) is 3.50. The Labute approximate surface area is 138 Å². The monoisotopic (exact) mass is 328 g/mol. The molecule has 124 valence electrons. The summed E-state index contributed by atoms with van der Waals surface area (Å²) < 4.78 is 18.1. The maximum Gasteiger partial charge on any atom is 0.262 e. The van der Waals surface area contributed by atoms with E-state index in [2.05, 4.69) is 10.6 Å². The first kappa shape index (κ1) is 16.0. The molecule has 2 N–H and O–H groups in total. The standard InChI is InChI=1S/C18H17FN2O3/c19-13-4-8-16(9-5-13)24-11-17(22)20-15-3-1-2-12(10-15)18(23)21-14-6-7-14/h1-5,8-10,14H,6-7,11H2,(H,20,22)(H,21,23). The molecule has 0 aliphatic heterocycles. The highest BCUT2D eigenvalue weighted by Gasteiger charge is 2.23. The lowest BCUT2D eigenvalue weighted by molar-refractivity contribution is -0.118. The van der Waals surface area contributed by atoms with E-state index in [1.54, 1.807) is 24.3 Å². The van der Waals surface area contributed by atoms with Crippen LogP contribution in [0.3, 0.4) is 0 Å². The van der Waals surface area contributed by atoms with Gasteiger partial charge in [-0.2, -0.15) is 0 Å². The molecule has 0 radical (unpaired) electrons. The molecule has 6 heteroatoms. The summed E-state index contributed by atoms with van der Waals surface area (Å²) in [5.41, 5.74) is 1.02. The molecule has 0 aromatic heterocycles. The van der Waals surface area contributed by atoms with Gasteiger partial charge in [0.25, 0.3) is 11.8 Å². The van der Waals surface area contributed by atoms with E-state index in [0.29, 0.717) is 17.0 Å². The Hall–Kier alpha value is -2.89. The average molecular weight is 328 g/mol. The van der Waals surface area contributed by atoms with E-state index in [4.69, 9.17) is 4.74 Å². The van der Waals surface area contributed by atoms with Gasteiger partial charge in [-0.05, 0) is 55.3 Å². The SMILES string of the molecule is O=C(COc1ccc(F)cc1)Nc1cccc(C(=O)NC2CC2)c1. The molecule has 1 fully saturated rings. The molecule has 0 unspecified atom stereocenters. The molecule has 2 aromatic carbocycles. The van der Waals surface area contributed by atoms with Crippen LogP contribution < -0.4 is 15.4 Å². The quantitative estimate of drug-likeness (QED) is 0.857. The first-order valence-electron chi connectivity index (χ1n) is 7.69. The van der Waals surface area contributed by atoms with Gasteiger partial charge in [-0.25, -0.2) is 4.39 Å². The molecule has 0 bridgehead atoms. The number of rotatable bonds is 6. The van der Waals surface area contributed by atoms with Gasteiger partial charge in [0.05, 0.1) is 0 Å². The fraction of sp³-hybridized carbons (Fsp3) is 0.222. The van der Waals surface area contributed by atoms with Crippen molar-refractivity contribution >= 4 is 17.5 Å². The van der Waals surface area contributed by atoms with Crippen LogP contribution >= 0.6 is 0 Å². The van der Waals surface area contributed by atoms with Crippen LogP contribution in [0, 0.1) is 5.82 Å². The Morgan fingerprint density at radius 3 is 2.58 bits per heavy atom. The van der Waals surface area contributed by atoms with Gasteiger partial charge in [0.1, 0.15) is 11.6 Å². The van der Waals surface area contributed by atoms with Gasteiger partial charge < -0.3 is 15.4 Å². The minimum atomic E-state index is -0.368. The molecule has 3 rings (SSSR count). The third kappa shape index (κ3) is 4.55. The van der Waals surface area contributed by atoms with Crippen molar-refractivity contribution in [1.82, 2.24) is 5.32 Å². The average Bonchev–Trinajstić information content (AvgIpc) is 3.38. The van der Waals surface area contributed by atoms with E-state index in [-0.39, 0.29) is 30.3 Å². The lowest BCUT2D eigenvalue weighted by Gasteiger charge is -2.09. The smallest absolute Gasteiger partial charge is 0.262 e. The van der Waals surface area contributed by atoms with Crippen molar-refractivity contribution in [2.45, 2.75) is 18.9 Å². The number of halogens is 1. The van der Waals surface area contributed by atoms with E-state index >= 15 is 0 Å². The third-order valence-electron chi connectivity index (χ3n) is 3.50. The number of benzene rings is 2. The first-order valence-corrected chi connectivity index (χ1v) is 7.69. The maximum atomic E-state index is 12.8. The van der Waals surface area contributed by atoms with Crippen LogP contribution in [0.1, 0.15) is 23.2 Å². The predicted molar refractivity (Wildman–Crippen MR) is 87.5 cm³/mol. The van der Waals surface area contributed by atoms with Gasteiger partial charge in [0, 0.05) is 17.3 Å². The second-order valence-corrected chi connectivity index (χ2v) is 5.62. The van der Waals surface area contributed by atoms with Crippen molar-refractivity contribution in [1.29, 1.82) is 0 Å². The second-order valence-electron chi connectivity index (χ2n) is 5.62. The van der Waals surface area contributed by atoms with Crippen LogP contribution in [-0.2, 0) is 4.79 Å². The summed E-state index contributed by atoms with van der Waals surface area (Å²) in [4.78, 5) is 23.9. The molecule has 2 amide bonds. The Morgan fingerprint density at radius 1 is 1.12 bits per heavy atom. The van der Waals surface area contributed by atoms with Crippen molar-refractivity contribution in [2.75, 3.05) is 11.9 Å². The van der Waals surface area contributed by atoms with Crippen molar-refractivity contribution in [3.05, 3.63) is 59.9 Å². The van der Waals surface area contributed by atoms with Crippen LogP contribution in [0.15, 0.2) is 48.5 Å². The van der Waals surface area contributed by atoms with Crippen LogP contribution in [0.25, 0.3) is 0 Å². The zero-order valence-corrected chi connectivity index (χ0v) is 12.9. The zero-order valence-electron chi connectivity index (χ0n) is 12.9. The van der Waals surface area contributed by atoms with Gasteiger partial charge in [0.15, 0.2) is 6.61 Å². The molecule has 0 atom stereocenters. The van der Waals surface area contributed by atoms with Crippen LogP contribution in [-0.4, -0.2) is 24.5 Å². The van der Waals surface area contributed by atoms with E-state index in [1.165, 1.54) is 24.3 Å². The minimum Gasteiger partial charge on any atom is -0.484 e. The predicted octanol–water partition coefficient (Wildman–Crippen LogP) is 2.74. The van der Waals surface area contributed by atoms with Gasteiger partial charge in [-0.3, -0.25) is 9.59 Å². The maximum absolute atomic E-state index is 12.8. The number of hydrogen-bond acceptors (Lipinski definition) is 3. The summed E-state index contributed by atoms with van der Waals surface area (Å²) in [6, 6.07) is 12.4. The van der Waals surface area contributed by atoms with Gasteiger partial charge in [-0.15, -0.1) is 0 Å². The van der Waals surface area contributed by atoms with Crippen molar-refractivity contribution in [2.24, 2.45) is 0 Å². The molecular weight excluding hydrogens is 311 g/mol. The van der Waals surface area contributed by atoms with Gasteiger partial charge in [-0.1, -0.05) is 6.07 Å². The first-order chi connectivity index (χ1) is 11.6. The highest BCUT2D eigenvalue weighted by Crippen LogP contribution is 2.20. The van der Waals surface area contributed by atoms with E-state index in [1.807, 2.05) is 0 Å².